The van der Waals surface area contributed by atoms with Gasteiger partial charge in [-0.1, -0.05) is 46.9 Å². The second-order valence-corrected chi connectivity index (χ2v) is 3.59. The van der Waals surface area contributed by atoms with E-state index in [0.717, 1.165) is 17.0 Å². The second-order valence-electron chi connectivity index (χ2n) is 3.59. The van der Waals surface area contributed by atoms with Crippen molar-refractivity contribution in [3.63, 3.8) is 0 Å². The molecule has 0 aromatic carbocycles. The van der Waals surface area contributed by atoms with Crippen molar-refractivity contribution < 1.29 is 0 Å². The Labute approximate surface area is 92.4 Å². The Balaban J connectivity index is 0.000000921. The van der Waals surface area contributed by atoms with Gasteiger partial charge in [0.15, 0.2) is 0 Å². The van der Waals surface area contributed by atoms with Crippen molar-refractivity contribution in [3.05, 3.63) is 29.4 Å². The number of rotatable bonds is 3. The maximum atomic E-state index is 3.94. The van der Waals surface area contributed by atoms with E-state index < -0.39 is 0 Å². The Morgan fingerprint density at radius 1 is 1.53 bits per heavy atom. The fourth-order valence-corrected chi connectivity index (χ4v) is 1.33. The molecule has 0 fully saturated rings. The predicted molar refractivity (Wildman–Crippen MR) is 67.8 cm³/mol. The van der Waals surface area contributed by atoms with Gasteiger partial charge in [-0.25, -0.2) is 0 Å². The Kier molecular flexibility index (Phi) is 6.43. The van der Waals surface area contributed by atoms with Gasteiger partial charge in [-0.2, -0.15) is 5.10 Å². The maximum absolute atomic E-state index is 3.94. The minimum absolute atomic E-state index is 0.627. The van der Waals surface area contributed by atoms with Crippen molar-refractivity contribution in [2.24, 2.45) is 5.92 Å². The van der Waals surface area contributed by atoms with E-state index >= 15 is 0 Å². The molecule has 0 amide bonds. The molecule has 1 aromatic heterocycles. The van der Waals surface area contributed by atoms with Crippen LogP contribution in [0.25, 0.3) is 12.2 Å². The molecular formula is C13H22N2. The second kappa shape index (κ2) is 7.04. The average molecular weight is 206 g/mol. The third kappa shape index (κ3) is 4.15. The summed E-state index contributed by atoms with van der Waals surface area (Å²) < 4.78 is 0. The zero-order valence-electron chi connectivity index (χ0n) is 10.3. The van der Waals surface area contributed by atoms with Crippen molar-refractivity contribution in [2.75, 3.05) is 0 Å². The molecule has 0 saturated heterocycles. The Bertz CT molecular complexity index is 385. The van der Waals surface area contributed by atoms with Gasteiger partial charge >= 0.3 is 0 Å². The largest absolute Gasteiger partial charge is 0.278 e. The first-order chi connectivity index (χ1) is 7.15. The van der Waals surface area contributed by atoms with Gasteiger partial charge < -0.3 is 0 Å². The standard InChI is InChI=1S/C11H16N2.C2H6/c1-5-10(6-8(2)3)11-7-12-13-9(11)4;1-2/h5,7-8,13H,1,4,6H2,2-3H3;1-2H3/b11-10+;. The van der Waals surface area contributed by atoms with Gasteiger partial charge in [0.1, 0.15) is 0 Å². The molecule has 0 unspecified atom stereocenters. The van der Waals surface area contributed by atoms with Gasteiger partial charge in [0, 0.05) is 5.22 Å². The molecule has 1 rings (SSSR count). The van der Waals surface area contributed by atoms with E-state index in [4.69, 9.17) is 0 Å². The minimum Gasteiger partial charge on any atom is -0.278 e. The van der Waals surface area contributed by atoms with E-state index in [1.165, 1.54) is 5.57 Å². The Morgan fingerprint density at radius 2 is 2.13 bits per heavy atom. The first kappa shape index (κ1) is 13.7. The highest BCUT2D eigenvalue weighted by Crippen LogP contribution is 2.09. The van der Waals surface area contributed by atoms with Crippen LogP contribution < -0.4 is 10.6 Å². The molecular weight excluding hydrogens is 184 g/mol. The fraction of sp³-hybridized carbons (Fsp3) is 0.462. The van der Waals surface area contributed by atoms with E-state index in [9.17, 15) is 0 Å². The molecule has 1 N–H and O–H groups in total. The Hall–Kier alpha value is -1.31. The fourth-order valence-electron chi connectivity index (χ4n) is 1.33. The molecule has 0 aliphatic carbocycles. The van der Waals surface area contributed by atoms with Crippen molar-refractivity contribution in [1.82, 2.24) is 10.2 Å². The van der Waals surface area contributed by atoms with Gasteiger partial charge in [0.25, 0.3) is 0 Å². The minimum atomic E-state index is 0.627. The quantitative estimate of drug-likeness (QED) is 0.807. The first-order valence-corrected chi connectivity index (χ1v) is 5.49. The van der Waals surface area contributed by atoms with E-state index in [-0.39, 0.29) is 0 Å². The third-order valence-corrected chi connectivity index (χ3v) is 1.94. The molecule has 1 heterocycles. The van der Waals surface area contributed by atoms with Crippen LogP contribution in [0.5, 0.6) is 0 Å². The summed E-state index contributed by atoms with van der Waals surface area (Å²) in [4.78, 5) is 0. The number of H-pyrrole nitrogens is 1. The molecule has 0 bridgehead atoms. The summed E-state index contributed by atoms with van der Waals surface area (Å²) in [6.07, 6.45) is 4.72. The maximum Gasteiger partial charge on any atom is 0.0581 e. The summed E-state index contributed by atoms with van der Waals surface area (Å²) in [5.74, 6) is 0.627. The Morgan fingerprint density at radius 3 is 2.47 bits per heavy atom. The number of hydrogen-bond acceptors (Lipinski definition) is 1. The number of hydrogen-bond donors (Lipinski definition) is 1. The van der Waals surface area contributed by atoms with Crippen LogP contribution in [0.3, 0.4) is 0 Å². The van der Waals surface area contributed by atoms with Gasteiger partial charge in [-0.15, -0.1) is 0 Å². The molecule has 0 atom stereocenters. The third-order valence-electron chi connectivity index (χ3n) is 1.94. The number of nitrogens with one attached hydrogen (secondary N) is 1. The monoisotopic (exact) mass is 206 g/mol. The van der Waals surface area contributed by atoms with Crippen molar-refractivity contribution in [2.45, 2.75) is 34.1 Å². The number of aromatic amines is 1. The van der Waals surface area contributed by atoms with Crippen molar-refractivity contribution in [1.29, 1.82) is 0 Å². The van der Waals surface area contributed by atoms with Crippen LogP contribution in [0.2, 0.25) is 0 Å². The first-order valence-electron chi connectivity index (χ1n) is 5.49. The molecule has 0 aliphatic heterocycles. The molecule has 2 heteroatoms. The van der Waals surface area contributed by atoms with Gasteiger partial charge in [-0.05, 0) is 17.9 Å². The summed E-state index contributed by atoms with van der Waals surface area (Å²) in [7, 11) is 0. The molecule has 15 heavy (non-hydrogen) atoms. The lowest BCUT2D eigenvalue weighted by atomic mass is 10.0. The van der Waals surface area contributed by atoms with Crippen LogP contribution >= 0.6 is 0 Å². The van der Waals surface area contributed by atoms with Crippen molar-refractivity contribution in [3.8, 4) is 0 Å². The predicted octanol–water partition coefficient (Wildman–Crippen LogP) is 2.23. The smallest absolute Gasteiger partial charge is 0.0581 e. The summed E-state index contributed by atoms with van der Waals surface area (Å²) in [5, 5.41) is 8.73. The number of nitrogens with zero attached hydrogens (tertiary/aromatic N) is 1. The van der Waals surface area contributed by atoms with Gasteiger partial charge in [0.2, 0.25) is 0 Å². The van der Waals surface area contributed by atoms with Crippen LogP contribution in [0.4, 0.5) is 0 Å². The summed E-state index contributed by atoms with van der Waals surface area (Å²) in [6, 6.07) is 0. The average Bonchev–Trinajstić information content (AvgIpc) is 2.64. The number of allylic oxidation sites excluding steroid dienone is 1. The van der Waals surface area contributed by atoms with Crippen LogP contribution in [-0.4, -0.2) is 10.2 Å². The van der Waals surface area contributed by atoms with E-state index in [2.05, 4.69) is 37.2 Å². The lowest BCUT2D eigenvalue weighted by Gasteiger charge is -2.03. The van der Waals surface area contributed by atoms with Crippen LogP contribution in [0.15, 0.2) is 18.9 Å². The number of aromatic nitrogens is 2. The van der Waals surface area contributed by atoms with Gasteiger partial charge in [0.05, 0.1) is 11.5 Å². The summed E-state index contributed by atoms with van der Waals surface area (Å²) in [6.45, 7) is 16.0. The summed E-state index contributed by atoms with van der Waals surface area (Å²) >= 11 is 0. The highest BCUT2D eigenvalue weighted by molar-refractivity contribution is 5.55. The molecule has 0 spiro atoms. The molecule has 1 aromatic rings. The van der Waals surface area contributed by atoms with Crippen LogP contribution in [0, 0.1) is 5.92 Å². The summed E-state index contributed by atoms with van der Waals surface area (Å²) in [5.41, 5.74) is 1.22. The van der Waals surface area contributed by atoms with E-state index in [1.807, 2.05) is 26.1 Å². The lowest BCUT2D eigenvalue weighted by Crippen LogP contribution is -2.23. The zero-order valence-corrected chi connectivity index (χ0v) is 10.3. The molecule has 84 valence electrons. The normalized spacial score (nSPS) is 11.8. The van der Waals surface area contributed by atoms with E-state index in [0.29, 0.717) is 5.92 Å². The lowest BCUT2D eigenvalue weighted by molar-refractivity contribution is 0.673. The molecule has 2 nitrogen and oxygen atoms in total. The SMILES string of the molecule is C=C/C(CC(C)C)=c1/cn[nH]c1=C.CC. The molecule has 0 saturated carbocycles. The highest BCUT2D eigenvalue weighted by atomic mass is 15.1. The topological polar surface area (TPSA) is 28.7 Å². The zero-order chi connectivity index (χ0) is 11.8. The molecule has 0 aliphatic rings. The van der Waals surface area contributed by atoms with Gasteiger partial charge in [-0.3, -0.25) is 5.10 Å². The molecule has 0 radical (unpaired) electrons. The van der Waals surface area contributed by atoms with E-state index in [1.54, 1.807) is 0 Å². The highest BCUT2D eigenvalue weighted by Gasteiger charge is 1.99. The van der Waals surface area contributed by atoms with Crippen LogP contribution in [0.1, 0.15) is 34.1 Å². The van der Waals surface area contributed by atoms with Crippen molar-refractivity contribution >= 4 is 12.2 Å². The van der Waals surface area contributed by atoms with Crippen LogP contribution in [-0.2, 0) is 0 Å².